The van der Waals surface area contributed by atoms with Crippen molar-refractivity contribution in [3.05, 3.63) is 0 Å². The van der Waals surface area contributed by atoms with Gasteiger partial charge in [-0.3, -0.25) is 9.59 Å². The Kier molecular flexibility index (Phi) is 2.90. The third kappa shape index (κ3) is 2.20. The van der Waals surface area contributed by atoms with E-state index in [1.165, 1.54) is 0 Å². The number of carbonyl (C=O) groups is 2. The summed E-state index contributed by atoms with van der Waals surface area (Å²) in [6, 6.07) is 0. The fourth-order valence-corrected chi connectivity index (χ4v) is 1.36. The third-order valence-corrected chi connectivity index (χ3v) is 2.06. The first-order valence-electron chi connectivity index (χ1n) is 4.48. The largest absolute Gasteiger partial charge is 0.462 e. The Morgan fingerprint density at radius 1 is 1.62 bits per heavy atom. The summed E-state index contributed by atoms with van der Waals surface area (Å²) >= 11 is 0. The standard InChI is InChI=1S/C9H15NO3/c1-6(2)13-9(12)7-4-5-10(3)8(7)11/h6-7H,4-5H2,1-3H3. The zero-order chi connectivity index (χ0) is 10.0. The van der Waals surface area contributed by atoms with Gasteiger partial charge < -0.3 is 9.64 Å². The summed E-state index contributed by atoms with van der Waals surface area (Å²) in [4.78, 5) is 24.3. The maximum Gasteiger partial charge on any atom is 0.318 e. The Morgan fingerprint density at radius 3 is 2.62 bits per heavy atom. The molecular weight excluding hydrogens is 170 g/mol. The van der Waals surface area contributed by atoms with Crippen molar-refractivity contribution in [3.8, 4) is 0 Å². The van der Waals surface area contributed by atoms with Gasteiger partial charge >= 0.3 is 5.97 Å². The van der Waals surface area contributed by atoms with Gasteiger partial charge in [0.15, 0.2) is 0 Å². The van der Waals surface area contributed by atoms with E-state index in [0.29, 0.717) is 13.0 Å². The van der Waals surface area contributed by atoms with E-state index in [1.54, 1.807) is 25.8 Å². The average molecular weight is 185 g/mol. The maximum absolute atomic E-state index is 11.4. The lowest BCUT2D eigenvalue weighted by Gasteiger charge is -2.12. The highest BCUT2D eigenvalue weighted by atomic mass is 16.5. The molecule has 0 bridgehead atoms. The molecule has 4 nitrogen and oxygen atoms in total. The molecule has 13 heavy (non-hydrogen) atoms. The summed E-state index contributed by atoms with van der Waals surface area (Å²) in [6.45, 7) is 4.21. The summed E-state index contributed by atoms with van der Waals surface area (Å²) in [6.07, 6.45) is 0.437. The predicted octanol–water partition coefficient (Wildman–Crippen LogP) is 0.416. The third-order valence-electron chi connectivity index (χ3n) is 2.06. The molecule has 1 amide bonds. The van der Waals surface area contributed by atoms with E-state index in [2.05, 4.69) is 0 Å². The average Bonchev–Trinajstić information content (AvgIpc) is 2.31. The van der Waals surface area contributed by atoms with Gasteiger partial charge in [0, 0.05) is 13.6 Å². The van der Waals surface area contributed by atoms with Gasteiger partial charge in [0.2, 0.25) is 5.91 Å². The molecule has 1 fully saturated rings. The number of esters is 1. The van der Waals surface area contributed by atoms with Crippen molar-refractivity contribution in [2.24, 2.45) is 5.92 Å². The SMILES string of the molecule is CC(C)OC(=O)C1CCN(C)C1=O. The van der Waals surface area contributed by atoms with Crippen LogP contribution in [-0.2, 0) is 14.3 Å². The van der Waals surface area contributed by atoms with Crippen LogP contribution in [0.2, 0.25) is 0 Å². The summed E-state index contributed by atoms with van der Waals surface area (Å²) in [7, 11) is 1.70. The monoisotopic (exact) mass is 185 g/mol. The molecule has 0 radical (unpaired) electrons. The smallest absolute Gasteiger partial charge is 0.318 e. The molecule has 4 heteroatoms. The van der Waals surface area contributed by atoms with Gasteiger partial charge in [-0.25, -0.2) is 0 Å². The summed E-state index contributed by atoms with van der Waals surface area (Å²) < 4.78 is 4.97. The second-order valence-corrected chi connectivity index (χ2v) is 3.59. The molecule has 1 aliphatic rings. The van der Waals surface area contributed by atoms with Crippen LogP contribution in [0.25, 0.3) is 0 Å². The Morgan fingerprint density at radius 2 is 2.23 bits per heavy atom. The number of rotatable bonds is 2. The lowest BCUT2D eigenvalue weighted by molar-refractivity contribution is -0.155. The molecule has 0 aromatic carbocycles. The van der Waals surface area contributed by atoms with Crippen LogP contribution < -0.4 is 0 Å². The van der Waals surface area contributed by atoms with Crippen LogP contribution in [0.1, 0.15) is 20.3 Å². The van der Waals surface area contributed by atoms with Crippen molar-refractivity contribution >= 4 is 11.9 Å². The quantitative estimate of drug-likeness (QED) is 0.462. The number of ether oxygens (including phenoxy) is 1. The van der Waals surface area contributed by atoms with E-state index >= 15 is 0 Å². The Balaban J connectivity index is 2.53. The van der Waals surface area contributed by atoms with Crippen LogP contribution in [0.4, 0.5) is 0 Å². The number of likely N-dealkylation sites (tertiary alicyclic amines) is 1. The number of nitrogens with zero attached hydrogens (tertiary/aromatic N) is 1. The molecule has 0 saturated carbocycles. The number of carbonyl (C=O) groups excluding carboxylic acids is 2. The van der Waals surface area contributed by atoms with E-state index in [0.717, 1.165) is 0 Å². The minimum atomic E-state index is -0.563. The van der Waals surface area contributed by atoms with Gasteiger partial charge in [-0.15, -0.1) is 0 Å². The van der Waals surface area contributed by atoms with Crippen LogP contribution in [0.3, 0.4) is 0 Å². The molecule has 1 rings (SSSR count). The van der Waals surface area contributed by atoms with Crippen molar-refractivity contribution < 1.29 is 14.3 Å². The first-order valence-corrected chi connectivity index (χ1v) is 4.48. The molecule has 1 aliphatic heterocycles. The zero-order valence-electron chi connectivity index (χ0n) is 8.24. The molecule has 0 N–H and O–H groups in total. The highest BCUT2D eigenvalue weighted by molar-refractivity contribution is 5.99. The normalized spacial score (nSPS) is 22.6. The molecule has 1 saturated heterocycles. The van der Waals surface area contributed by atoms with Crippen molar-refractivity contribution in [1.29, 1.82) is 0 Å². The summed E-state index contributed by atoms with van der Waals surface area (Å²) in [5, 5.41) is 0. The molecule has 1 unspecified atom stereocenters. The molecular formula is C9H15NO3. The molecule has 0 spiro atoms. The molecule has 1 heterocycles. The highest BCUT2D eigenvalue weighted by Crippen LogP contribution is 2.18. The van der Waals surface area contributed by atoms with Crippen molar-refractivity contribution in [2.45, 2.75) is 26.4 Å². The maximum atomic E-state index is 11.4. The Bertz CT molecular complexity index is 225. The van der Waals surface area contributed by atoms with E-state index in [9.17, 15) is 9.59 Å². The van der Waals surface area contributed by atoms with Gasteiger partial charge in [0.25, 0.3) is 0 Å². The molecule has 74 valence electrons. The van der Waals surface area contributed by atoms with Gasteiger partial charge in [-0.1, -0.05) is 0 Å². The second-order valence-electron chi connectivity index (χ2n) is 3.59. The van der Waals surface area contributed by atoms with E-state index in [1.807, 2.05) is 0 Å². The first-order chi connectivity index (χ1) is 6.02. The lowest BCUT2D eigenvalue weighted by Crippen LogP contribution is -2.29. The summed E-state index contributed by atoms with van der Waals surface area (Å²) in [5.74, 6) is -1.07. The molecule has 0 aromatic heterocycles. The van der Waals surface area contributed by atoms with Crippen molar-refractivity contribution in [1.82, 2.24) is 4.90 Å². The van der Waals surface area contributed by atoms with Gasteiger partial charge in [-0.05, 0) is 20.3 Å². The fourth-order valence-electron chi connectivity index (χ4n) is 1.36. The Labute approximate surface area is 77.8 Å². The van der Waals surface area contributed by atoms with Gasteiger partial charge in [0.05, 0.1) is 6.10 Å². The predicted molar refractivity (Wildman–Crippen MR) is 47.0 cm³/mol. The van der Waals surface area contributed by atoms with Crippen molar-refractivity contribution in [2.75, 3.05) is 13.6 Å². The number of hydrogen-bond donors (Lipinski definition) is 0. The van der Waals surface area contributed by atoms with E-state index in [-0.39, 0.29) is 18.0 Å². The fraction of sp³-hybridized carbons (Fsp3) is 0.778. The second kappa shape index (κ2) is 3.77. The van der Waals surface area contributed by atoms with E-state index in [4.69, 9.17) is 4.74 Å². The van der Waals surface area contributed by atoms with Crippen LogP contribution in [-0.4, -0.2) is 36.5 Å². The topological polar surface area (TPSA) is 46.6 Å². The minimum absolute atomic E-state index is 0.120. The van der Waals surface area contributed by atoms with Gasteiger partial charge in [0.1, 0.15) is 5.92 Å². The molecule has 1 atom stereocenters. The van der Waals surface area contributed by atoms with E-state index < -0.39 is 5.92 Å². The first kappa shape index (κ1) is 10.0. The highest BCUT2D eigenvalue weighted by Gasteiger charge is 2.36. The Hall–Kier alpha value is -1.06. The van der Waals surface area contributed by atoms with Crippen LogP contribution >= 0.6 is 0 Å². The molecule has 0 aliphatic carbocycles. The summed E-state index contributed by atoms with van der Waals surface area (Å²) in [5.41, 5.74) is 0. The van der Waals surface area contributed by atoms with Crippen molar-refractivity contribution in [3.63, 3.8) is 0 Å². The number of hydrogen-bond acceptors (Lipinski definition) is 3. The van der Waals surface area contributed by atoms with Crippen LogP contribution in [0.5, 0.6) is 0 Å². The van der Waals surface area contributed by atoms with Gasteiger partial charge in [-0.2, -0.15) is 0 Å². The minimum Gasteiger partial charge on any atom is -0.462 e. The molecule has 0 aromatic rings. The van der Waals surface area contributed by atoms with Crippen LogP contribution in [0, 0.1) is 5.92 Å². The zero-order valence-corrected chi connectivity index (χ0v) is 8.24. The number of amides is 1. The van der Waals surface area contributed by atoms with Crippen LogP contribution in [0.15, 0.2) is 0 Å². The lowest BCUT2D eigenvalue weighted by atomic mass is 10.1.